The summed E-state index contributed by atoms with van der Waals surface area (Å²) >= 11 is 1.52. The highest BCUT2D eigenvalue weighted by molar-refractivity contribution is 7.99. The second-order valence-corrected chi connectivity index (χ2v) is 4.36. The summed E-state index contributed by atoms with van der Waals surface area (Å²) in [7, 11) is 0. The average Bonchev–Trinajstić information content (AvgIpc) is 2.04. The minimum Gasteiger partial charge on any atom is -0.392 e. The fourth-order valence-corrected chi connectivity index (χ4v) is 1.68. The summed E-state index contributed by atoms with van der Waals surface area (Å²) in [5, 5.41) is 10.3. The molecule has 3 nitrogen and oxygen atoms in total. The summed E-state index contributed by atoms with van der Waals surface area (Å²) in [6, 6.07) is 5.50. The molecular formula is C9H14N2OS. The van der Waals surface area contributed by atoms with Gasteiger partial charge < -0.3 is 10.8 Å². The standard InChI is InChI=1S/C9H14N2OS/c1-6(12)7(2)13-9-5-3-4-8(10)11-9/h3-7,12H,1-2H3,(H2,10,11). The maximum atomic E-state index is 9.27. The van der Waals surface area contributed by atoms with Crippen LogP contribution in [0.1, 0.15) is 13.8 Å². The third kappa shape index (κ3) is 3.24. The van der Waals surface area contributed by atoms with Crippen molar-refractivity contribution in [1.82, 2.24) is 4.98 Å². The van der Waals surface area contributed by atoms with Gasteiger partial charge in [0.05, 0.1) is 11.1 Å². The van der Waals surface area contributed by atoms with E-state index in [1.54, 1.807) is 13.0 Å². The molecule has 3 N–H and O–H groups in total. The van der Waals surface area contributed by atoms with Gasteiger partial charge in [0.2, 0.25) is 0 Å². The molecule has 0 aliphatic carbocycles. The molecule has 2 atom stereocenters. The fourth-order valence-electron chi connectivity index (χ4n) is 0.785. The Kier molecular flexibility index (Phi) is 3.57. The van der Waals surface area contributed by atoms with Crippen molar-refractivity contribution in [2.75, 3.05) is 5.73 Å². The van der Waals surface area contributed by atoms with Gasteiger partial charge in [-0.3, -0.25) is 0 Å². The van der Waals surface area contributed by atoms with Gasteiger partial charge in [0.15, 0.2) is 0 Å². The molecule has 0 aliphatic heterocycles. The molecule has 0 amide bonds. The summed E-state index contributed by atoms with van der Waals surface area (Å²) in [4.78, 5) is 4.13. The number of nitrogens with zero attached hydrogens (tertiary/aromatic N) is 1. The highest BCUT2D eigenvalue weighted by Crippen LogP contribution is 2.23. The minimum absolute atomic E-state index is 0.134. The van der Waals surface area contributed by atoms with Crippen molar-refractivity contribution in [2.45, 2.75) is 30.2 Å². The Morgan fingerprint density at radius 1 is 1.46 bits per heavy atom. The minimum atomic E-state index is -0.340. The van der Waals surface area contributed by atoms with Crippen LogP contribution in [-0.2, 0) is 0 Å². The molecule has 72 valence electrons. The molecule has 1 heterocycles. The van der Waals surface area contributed by atoms with Crippen molar-refractivity contribution < 1.29 is 5.11 Å². The highest BCUT2D eigenvalue weighted by Gasteiger charge is 2.10. The Hall–Kier alpha value is -0.740. The van der Waals surface area contributed by atoms with Gasteiger partial charge in [-0.1, -0.05) is 13.0 Å². The molecule has 0 bridgehead atoms. The Bertz CT molecular complexity index is 278. The normalized spacial score (nSPS) is 15.3. The number of aromatic nitrogens is 1. The Morgan fingerprint density at radius 3 is 2.69 bits per heavy atom. The fraction of sp³-hybridized carbons (Fsp3) is 0.444. The van der Waals surface area contributed by atoms with Gasteiger partial charge in [-0.25, -0.2) is 4.98 Å². The van der Waals surface area contributed by atoms with E-state index in [4.69, 9.17) is 5.73 Å². The molecule has 4 heteroatoms. The second-order valence-electron chi connectivity index (χ2n) is 2.96. The largest absolute Gasteiger partial charge is 0.392 e. The number of aliphatic hydroxyl groups excluding tert-OH is 1. The lowest BCUT2D eigenvalue weighted by atomic mass is 10.3. The van der Waals surface area contributed by atoms with Crippen LogP contribution in [0.5, 0.6) is 0 Å². The van der Waals surface area contributed by atoms with Crippen LogP contribution in [0.2, 0.25) is 0 Å². The zero-order valence-corrected chi connectivity index (χ0v) is 8.58. The van der Waals surface area contributed by atoms with Crippen LogP contribution >= 0.6 is 11.8 Å². The molecule has 13 heavy (non-hydrogen) atoms. The van der Waals surface area contributed by atoms with Crippen molar-refractivity contribution in [3.63, 3.8) is 0 Å². The van der Waals surface area contributed by atoms with Gasteiger partial charge in [0.1, 0.15) is 5.82 Å². The summed E-state index contributed by atoms with van der Waals surface area (Å²) in [5.41, 5.74) is 5.52. The first-order valence-corrected chi connectivity index (χ1v) is 5.05. The van der Waals surface area contributed by atoms with E-state index in [1.165, 1.54) is 11.8 Å². The Morgan fingerprint density at radius 2 is 2.15 bits per heavy atom. The van der Waals surface area contributed by atoms with Crippen molar-refractivity contribution >= 4 is 17.6 Å². The van der Waals surface area contributed by atoms with Gasteiger partial charge in [-0.05, 0) is 19.1 Å². The lowest BCUT2D eigenvalue weighted by Crippen LogP contribution is -2.15. The number of anilines is 1. The van der Waals surface area contributed by atoms with E-state index in [0.717, 1.165) is 5.03 Å². The van der Waals surface area contributed by atoms with Crippen LogP contribution in [0.3, 0.4) is 0 Å². The van der Waals surface area contributed by atoms with E-state index in [1.807, 2.05) is 19.1 Å². The molecule has 0 fully saturated rings. The molecule has 0 aromatic carbocycles. The number of aliphatic hydroxyl groups is 1. The number of rotatable bonds is 3. The number of thioether (sulfide) groups is 1. The molecule has 0 spiro atoms. The van der Waals surface area contributed by atoms with E-state index >= 15 is 0 Å². The summed E-state index contributed by atoms with van der Waals surface area (Å²) in [5.74, 6) is 0.516. The summed E-state index contributed by atoms with van der Waals surface area (Å²) in [6.45, 7) is 3.73. The first-order valence-electron chi connectivity index (χ1n) is 4.17. The predicted octanol–water partition coefficient (Wildman–Crippen LogP) is 1.53. The molecule has 2 unspecified atom stereocenters. The van der Waals surface area contributed by atoms with E-state index in [2.05, 4.69) is 4.98 Å². The monoisotopic (exact) mass is 198 g/mol. The maximum Gasteiger partial charge on any atom is 0.124 e. The number of hydrogen-bond donors (Lipinski definition) is 2. The van der Waals surface area contributed by atoms with Crippen molar-refractivity contribution in [3.05, 3.63) is 18.2 Å². The third-order valence-corrected chi connectivity index (χ3v) is 2.97. The van der Waals surface area contributed by atoms with Gasteiger partial charge in [0, 0.05) is 5.25 Å². The molecule has 0 aliphatic rings. The average molecular weight is 198 g/mol. The van der Waals surface area contributed by atoms with Crippen LogP contribution in [0.25, 0.3) is 0 Å². The SMILES string of the molecule is CC(O)C(C)Sc1cccc(N)n1. The first kappa shape index (κ1) is 10.3. The van der Waals surface area contributed by atoms with Crippen molar-refractivity contribution in [1.29, 1.82) is 0 Å². The van der Waals surface area contributed by atoms with E-state index in [0.29, 0.717) is 5.82 Å². The molecule has 1 aromatic heterocycles. The molecule has 0 saturated carbocycles. The smallest absolute Gasteiger partial charge is 0.124 e. The number of pyridine rings is 1. The van der Waals surface area contributed by atoms with Crippen LogP contribution in [-0.4, -0.2) is 21.4 Å². The van der Waals surface area contributed by atoms with Crippen LogP contribution in [0, 0.1) is 0 Å². The molecule has 0 saturated heterocycles. The van der Waals surface area contributed by atoms with Crippen LogP contribution in [0.15, 0.2) is 23.2 Å². The number of nitrogens with two attached hydrogens (primary N) is 1. The van der Waals surface area contributed by atoms with Gasteiger partial charge in [-0.15, -0.1) is 11.8 Å². The molecule has 1 aromatic rings. The second kappa shape index (κ2) is 4.48. The zero-order chi connectivity index (χ0) is 9.84. The number of hydrogen-bond acceptors (Lipinski definition) is 4. The number of nitrogen functional groups attached to an aromatic ring is 1. The lowest BCUT2D eigenvalue weighted by molar-refractivity contribution is 0.196. The maximum absolute atomic E-state index is 9.27. The van der Waals surface area contributed by atoms with E-state index in [9.17, 15) is 5.11 Å². The topological polar surface area (TPSA) is 59.1 Å². The van der Waals surface area contributed by atoms with Crippen LogP contribution < -0.4 is 5.73 Å². The van der Waals surface area contributed by atoms with Crippen molar-refractivity contribution in [2.24, 2.45) is 0 Å². The van der Waals surface area contributed by atoms with Gasteiger partial charge in [0.25, 0.3) is 0 Å². The van der Waals surface area contributed by atoms with E-state index < -0.39 is 0 Å². The predicted molar refractivity (Wildman–Crippen MR) is 55.6 cm³/mol. The summed E-state index contributed by atoms with van der Waals surface area (Å²) in [6.07, 6.45) is -0.340. The van der Waals surface area contributed by atoms with Gasteiger partial charge >= 0.3 is 0 Å². The molecule has 1 rings (SSSR count). The van der Waals surface area contributed by atoms with E-state index in [-0.39, 0.29) is 11.4 Å². The molecular weight excluding hydrogens is 184 g/mol. The molecule has 0 radical (unpaired) electrons. The third-order valence-electron chi connectivity index (χ3n) is 1.73. The Balaban J connectivity index is 2.64. The highest BCUT2D eigenvalue weighted by atomic mass is 32.2. The first-order chi connectivity index (χ1) is 6.09. The Labute approximate surface area is 82.4 Å². The van der Waals surface area contributed by atoms with Crippen molar-refractivity contribution in [3.8, 4) is 0 Å². The van der Waals surface area contributed by atoms with Gasteiger partial charge in [-0.2, -0.15) is 0 Å². The lowest BCUT2D eigenvalue weighted by Gasteiger charge is -2.13. The zero-order valence-electron chi connectivity index (χ0n) is 7.77. The van der Waals surface area contributed by atoms with Crippen LogP contribution in [0.4, 0.5) is 5.82 Å². The summed E-state index contributed by atoms with van der Waals surface area (Å²) < 4.78 is 0. The quantitative estimate of drug-likeness (QED) is 0.723.